The molecule has 0 aromatic rings. The molecular formula is C3H2Br2O3. The molecule has 46 valence electrons. The van der Waals surface area contributed by atoms with Gasteiger partial charge in [0, 0.05) is 0 Å². The van der Waals surface area contributed by atoms with Crippen molar-refractivity contribution in [1.82, 2.24) is 0 Å². The van der Waals surface area contributed by atoms with Crippen molar-refractivity contribution in [1.29, 1.82) is 0 Å². The second kappa shape index (κ2) is 1.88. The van der Waals surface area contributed by atoms with Gasteiger partial charge in [0.05, 0.1) is 0 Å². The normalized spacial score (nSPS) is 24.5. The number of ether oxygens (including phenoxy) is 2. The summed E-state index contributed by atoms with van der Waals surface area (Å²) in [6.07, 6.45) is -0.654. The van der Waals surface area contributed by atoms with Gasteiger partial charge in [-0.25, -0.2) is 4.79 Å². The van der Waals surface area contributed by atoms with E-state index in [0.717, 1.165) is 0 Å². The molecule has 1 rings (SSSR count). The Bertz CT molecular complexity index is 122. The molecule has 0 radical (unpaired) electrons. The Morgan fingerprint density at radius 1 is 1.62 bits per heavy atom. The lowest BCUT2D eigenvalue weighted by molar-refractivity contribution is 0.127. The van der Waals surface area contributed by atoms with Gasteiger partial charge in [0.15, 0.2) is 6.61 Å². The van der Waals surface area contributed by atoms with Gasteiger partial charge in [0.1, 0.15) is 0 Å². The van der Waals surface area contributed by atoms with Gasteiger partial charge in [-0.05, 0) is 31.9 Å². The van der Waals surface area contributed by atoms with E-state index in [0.29, 0.717) is 0 Å². The molecule has 0 unspecified atom stereocenters. The van der Waals surface area contributed by atoms with Gasteiger partial charge in [-0.2, -0.15) is 0 Å². The molecule has 1 saturated heterocycles. The van der Waals surface area contributed by atoms with Crippen LogP contribution in [0.25, 0.3) is 0 Å². The molecule has 0 bridgehead atoms. The molecule has 1 fully saturated rings. The minimum absolute atomic E-state index is 0.200. The van der Waals surface area contributed by atoms with Crippen LogP contribution in [0.15, 0.2) is 0 Å². The minimum atomic E-state index is -0.781. The van der Waals surface area contributed by atoms with Crippen molar-refractivity contribution >= 4 is 38.0 Å². The molecule has 0 atom stereocenters. The summed E-state index contributed by atoms with van der Waals surface area (Å²) in [4.78, 5) is 10.2. The van der Waals surface area contributed by atoms with Crippen molar-refractivity contribution in [3.8, 4) is 0 Å². The summed E-state index contributed by atoms with van der Waals surface area (Å²) in [6, 6.07) is 0. The summed E-state index contributed by atoms with van der Waals surface area (Å²) in [5.74, 6) is 0. The van der Waals surface area contributed by atoms with Crippen molar-refractivity contribution in [3.05, 3.63) is 0 Å². The van der Waals surface area contributed by atoms with Gasteiger partial charge in [0.2, 0.25) is 0 Å². The first kappa shape index (κ1) is 6.35. The molecule has 3 nitrogen and oxygen atoms in total. The summed E-state index contributed by atoms with van der Waals surface area (Å²) in [5, 5.41) is 0. The Morgan fingerprint density at radius 2 is 2.25 bits per heavy atom. The zero-order valence-electron chi connectivity index (χ0n) is 3.69. The van der Waals surface area contributed by atoms with E-state index in [1.807, 2.05) is 0 Å². The number of alkyl halides is 2. The maximum Gasteiger partial charge on any atom is 0.510 e. The Hall–Kier alpha value is 0.230. The molecule has 0 N–H and O–H groups in total. The van der Waals surface area contributed by atoms with Crippen LogP contribution >= 0.6 is 31.9 Å². The summed E-state index contributed by atoms with van der Waals surface area (Å²) in [5.41, 5.74) is 0. The first-order valence-electron chi connectivity index (χ1n) is 1.84. The highest BCUT2D eigenvalue weighted by Crippen LogP contribution is 2.32. The van der Waals surface area contributed by atoms with Crippen LogP contribution in [0, 0.1) is 0 Å². The van der Waals surface area contributed by atoms with Crippen LogP contribution < -0.4 is 0 Å². The predicted molar refractivity (Wildman–Crippen MR) is 33.0 cm³/mol. The molecule has 0 aromatic carbocycles. The fraction of sp³-hybridized carbons (Fsp3) is 0.667. The topological polar surface area (TPSA) is 35.5 Å². The van der Waals surface area contributed by atoms with Crippen molar-refractivity contribution in [2.75, 3.05) is 6.61 Å². The van der Waals surface area contributed by atoms with E-state index in [4.69, 9.17) is 0 Å². The number of rotatable bonds is 0. The zero-order chi connectivity index (χ0) is 6.20. The lowest BCUT2D eigenvalue weighted by Gasteiger charge is -2.04. The van der Waals surface area contributed by atoms with Gasteiger partial charge >= 0.3 is 6.16 Å². The highest BCUT2D eigenvalue weighted by atomic mass is 79.9. The molecule has 8 heavy (non-hydrogen) atoms. The standard InChI is InChI=1S/C3H2Br2O3/c4-3(5)1-7-2(6)8-3/h1H2. The Balaban J connectivity index is 2.56. The van der Waals surface area contributed by atoms with Crippen LogP contribution in [-0.2, 0) is 9.47 Å². The SMILES string of the molecule is O=C1OCC(Br)(Br)O1. The maximum absolute atomic E-state index is 10.2. The van der Waals surface area contributed by atoms with Gasteiger partial charge in [0.25, 0.3) is 3.42 Å². The third-order valence-electron chi connectivity index (χ3n) is 0.591. The first-order valence-corrected chi connectivity index (χ1v) is 3.42. The molecule has 0 aliphatic carbocycles. The van der Waals surface area contributed by atoms with Crippen LogP contribution in [0.1, 0.15) is 0 Å². The highest BCUT2D eigenvalue weighted by molar-refractivity contribution is 9.25. The number of halogens is 2. The van der Waals surface area contributed by atoms with E-state index in [-0.39, 0.29) is 6.61 Å². The average Bonchev–Trinajstić information content (AvgIpc) is 1.82. The molecular weight excluding hydrogens is 244 g/mol. The lowest BCUT2D eigenvalue weighted by atomic mass is 10.8. The first-order chi connectivity index (χ1) is 3.60. The molecule has 0 amide bonds. The number of hydrogen-bond acceptors (Lipinski definition) is 3. The van der Waals surface area contributed by atoms with Crippen LogP contribution in [0.5, 0.6) is 0 Å². The maximum atomic E-state index is 10.2. The van der Waals surface area contributed by atoms with Crippen LogP contribution in [0.3, 0.4) is 0 Å². The van der Waals surface area contributed by atoms with Crippen molar-refractivity contribution in [3.63, 3.8) is 0 Å². The summed E-state index contributed by atoms with van der Waals surface area (Å²) in [7, 11) is 0. The Morgan fingerprint density at radius 3 is 2.38 bits per heavy atom. The van der Waals surface area contributed by atoms with E-state index in [1.165, 1.54) is 0 Å². The largest absolute Gasteiger partial charge is 0.510 e. The summed E-state index contributed by atoms with van der Waals surface area (Å²) < 4.78 is 8.15. The quantitative estimate of drug-likeness (QED) is 0.481. The fourth-order valence-electron chi connectivity index (χ4n) is 0.324. The predicted octanol–water partition coefficient (Wildman–Crippen LogP) is 1.60. The number of hydrogen-bond donors (Lipinski definition) is 0. The van der Waals surface area contributed by atoms with Gasteiger partial charge < -0.3 is 9.47 Å². The monoisotopic (exact) mass is 244 g/mol. The second-order valence-corrected chi connectivity index (χ2v) is 4.90. The van der Waals surface area contributed by atoms with Crippen LogP contribution in [0.4, 0.5) is 4.79 Å². The van der Waals surface area contributed by atoms with Gasteiger partial charge in [-0.3, -0.25) is 0 Å². The van der Waals surface area contributed by atoms with E-state index < -0.39 is 9.57 Å². The number of cyclic esters (lactones) is 2. The van der Waals surface area contributed by atoms with Crippen molar-refractivity contribution < 1.29 is 14.3 Å². The smallest absolute Gasteiger partial charge is 0.428 e. The molecule has 0 aromatic heterocycles. The third-order valence-corrected chi connectivity index (χ3v) is 1.37. The molecule has 5 heteroatoms. The van der Waals surface area contributed by atoms with Crippen LogP contribution in [-0.4, -0.2) is 16.2 Å². The minimum Gasteiger partial charge on any atom is -0.428 e. The third kappa shape index (κ3) is 1.35. The van der Waals surface area contributed by atoms with E-state index in [9.17, 15) is 4.79 Å². The van der Waals surface area contributed by atoms with E-state index in [2.05, 4.69) is 41.3 Å². The number of carbonyl (C=O) groups excluding carboxylic acids is 1. The molecule has 1 heterocycles. The lowest BCUT2D eigenvalue weighted by Crippen LogP contribution is -2.11. The average molecular weight is 246 g/mol. The molecule has 1 aliphatic rings. The van der Waals surface area contributed by atoms with E-state index >= 15 is 0 Å². The highest BCUT2D eigenvalue weighted by Gasteiger charge is 2.36. The summed E-state index contributed by atoms with van der Waals surface area (Å²) in [6.45, 7) is 0.200. The van der Waals surface area contributed by atoms with Gasteiger partial charge in [-0.15, -0.1) is 0 Å². The fourth-order valence-corrected chi connectivity index (χ4v) is 0.817. The Kier molecular flexibility index (Phi) is 1.49. The Labute approximate surface area is 62.6 Å². The molecule has 0 spiro atoms. The number of carbonyl (C=O) groups is 1. The van der Waals surface area contributed by atoms with Crippen LogP contribution in [0.2, 0.25) is 0 Å². The summed E-state index contributed by atoms with van der Waals surface area (Å²) >= 11 is 6.06. The zero-order valence-corrected chi connectivity index (χ0v) is 6.86. The van der Waals surface area contributed by atoms with Crippen molar-refractivity contribution in [2.45, 2.75) is 3.42 Å². The second-order valence-electron chi connectivity index (χ2n) is 1.28. The molecule has 1 aliphatic heterocycles. The van der Waals surface area contributed by atoms with E-state index in [1.54, 1.807) is 0 Å². The molecule has 0 saturated carbocycles. The van der Waals surface area contributed by atoms with Crippen molar-refractivity contribution in [2.24, 2.45) is 0 Å². The van der Waals surface area contributed by atoms with Gasteiger partial charge in [-0.1, -0.05) is 0 Å².